The molecular formula is C8H18ClNO2S. The summed E-state index contributed by atoms with van der Waals surface area (Å²) in [7, 11) is -3.12. The first kappa shape index (κ1) is 13.2. The van der Waals surface area contributed by atoms with Gasteiger partial charge in [0.05, 0.1) is 5.75 Å². The Bertz CT molecular complexity index is 226. The topological polar surface area (TPSA) is 46.2 Å². The molecule has 1 atom stereocenters. The zero-order valence-electron chi connectivity index (χ0n) is 8.38. The number of halogens is 1. The summed E-state index contributed by atoms with van der Waals surface area (Å²) in [6, 6.07) is -0.182. The van der Waals surface area contributed by atoms with Crippen molar-refractivity contribution in [2.45, 2.75) is 33.2 Å². The average Bonchev–Trinajstić information content (AvgIpc) is 2.00. The fourth-order valence-electron chi connectivity index (χ4n) is 0.788. The van der Waals surface area contributed by atoms with Gasteiger partial charge < -0.3 is 0 Å². The quantitative estimate of drug-likeness (QED) is 0.701. The molecule has 0 radical (unpaired) electrons. The van der Waals surface area contributed by atoms with Gasteiger partial charge in [-0.15, -0.1) is 11.6 Å². The Labute approximate surface area is 85.9 Å². The van der Waals surface area contributed by atoms with Crippen molar-refractivity contribution in [2.75, 3.05) is 11.6 Å². The molecule has 0 rings (SSSR count). The lowest BCUT2D eigenvalue weighted by molar-refractivity contribution is 0.553. The second-order valence-electron chi connectivity index (χ2n) is 3.67. The van der Waals surface area contributed by atoms with Crippen LogP contribution >= 0.6 is 11.6 Å². The lowest BCUT2D eigenvalue weighted by Crippen LogP contribution is -2.35. The van der Waals surface area contributed by atoms with Crippen LogP contribution in [0.1, 0.15) is 27.2 Å². The smallest absolute Gasteiger partial charge is 0.211 e. The molecular weight excluding hydrogens is 210 g/mol. The van der Waals surface area contributed by atoms with Crippen LogP contribution in [0.4, 0.5) is 0 Å². The molecule has 0 fully saturated rings. The second-order valence-corrected chi connectivity index (χ2v) is 5.86. The maximum atomic E-state index is 11.3. The van der Waals surface area contributed by atoms with Crippen LogP contribution in [0.3, 0.4) is 0 Å². The molecule has 0 aromatic heterocycles. The number of alkyl halides is 1. The Hall–Kier alpha value is 0.200. The lowest BCUT2D eigenvalue weighted by Gasteiger charge is -2.11. The third kappa shape index (κ3) is 7.28. The van der Waals surface area contributed by atoms with Gasteiger partial charge >= 0.3 is 0 Å². The maximum absolute atomic E-state index is 11.3. The molecule has 0 aliphatic carbocycles. The van der Waals surface area contributed by atoms with Crippen molar-refractivity contribution in [3.63, 3.8) is 0 Å². The fraction of sp³-hybridized carbons (Fsp3) is 1.00. The molecule has 80 valence electrons. The third-order valence-corrected chi connectivity index (χ3v) is 3.57. The molecule has 5 heteroatoms. The number of rotatable bonds is 6. The number of hydrogen-bond acceptors (Lipinski definition) is 2. The van der Waals surface area contributed by atoms with Gasteiger partial charge in [-0.2, -0.15) is 0 Å². The monoisotopic (exact) mass is 227 g/mol. The van der Waals surface area contributed by atoms with Crippen molar-refractivity contribution in [1.29, 1.82) is 0 Å². The van der Waals surface area contributed by atoms with E-state index in [1.807, 2.05) is 13.8 Å². The first-order valence-electron chi connectivity index (χ1n) is 4.43. The molecule has 3 nitrogen and oxygen atoms in total. The Morgan fingerprint density at radius 3 is 2.23 bits per heavy atom. The van der Waals surface area contributed by atoms with E-state index in [0.717, 1.165) is 0 Å². The van der Waals surface area contributed by atoms with E-state index in [4.69, 9.17) is 11.6 Å². The predicted molar refractivity (Wildman–Crippen MR) is 56.6 cm³/mol. The Balaban J connectivity index is 3.95. The van der Waals surface area contributed by atoms with E-state index in [9.17, 15) is 8.42 Å². The van der Waals surface area contributed by atoms with Crippen LogP contribution < -0.4 is 4.72 Å². The highest BCUT2D eigenvalue weighted by atomic mass is 35.5. The summed E-state index contributed by atoms with van der Waals surface area (Å²) in [5.74, 6) is 0.898. The van der Waals surface area contributed by atoms with E-state index in [0.29, 0.717) is 18.2 Å². The van der Waals surface area contributed by atoms with Gasteiger partial charge in [0.1, 0.15) is 0 Å². The minimum absolute atomic E-state index is 0.182. The van der Waals surface area contributed by atoms with Gasteiger partial charge in [0.15, 0.2) is 0 Å². The Kier molecular flexibility index (Phi) is 5.92. The zero-order chi connectivity index (χ0) is 10.5. The van der Waals surface area contributed by atoms with Crippen molar-refractivity contribution in [3.8, 4) is 0 Å². The standard InChI is InChI=1S/C8H18ClNO2S/c1-7(2)4-5-13(11,12)10-8(3)6-9/h7-8,10H,4-6H2,1-3H3. The Morgan fingerprint density at radius 2 is 1.85 bits per heavy atom. The van der Waals surface area contributed by atoms with E-state index in [1.54, 1.807) is 6.92 Å². The minimum atomic E-state index is -3.12. The van der Waals surface area contributed by atoms with Gasteiger partial charge in [-0.05, 0) is 19.3 Å². The summed E-state index contributed by atoms with van der Waals surface area (Å²) in [6.07, 6.45) is 0.685. The summed E-state index contributed by atoms with van der Waals surface area (Å²) < 4.78 is 25.2. The molecule has 0 aliphatic rings. The minimum Gasteiger partial charge on any atom is -0.212 e. The summed E-state index contributed by atoms with van der Waals surface area (Å²) in [5, 5.41) is 0. The molecule has 1 N–H and O–H groups in total. The SMILES string of the molecule is CC(C)CCS(=O)(=O)NC(C)CCl. The molecule has 0 aromatic carbocycles. The summed E-state index contributed by atoms with van der Waals surface area (Å²) in [4.78, 5) is 0. The summed E-state index contributed by atoms with van der Waals surface area (Å²) in [5.41, 5.74) is 0. The van der Waals surface area contributed by atoms with E-state index in [2.05, 4.69) is 4.72 Å². The van der Waals surface area contributed by atoms with Crippen molar-refractivity contribution in [3.05, 3.63) is 0 Å². The van der Waals surface area contributed by atoms with Crippen molar-refractivity contribution in [1.82, 2.24) is 4.72 Å². The molecule has 0 heterocycles. The van der Waals surface area contributed by atoms with E-state index in [-0.39, 0.29) is 11.8 Å². The first-order chi connectivity index (χ1) is 5.87. The number of sulfonamides is 1. The van der Waals surface area contributed by atoms with Crippen molar-refractivity contribution in [2.24, 2.45) is 5.92 Å². The molecule has 0 spiro atoms. The predicted octanol–water partition coefficient (Wildman–Crippen LogP) is 1.58. The Morgan fingerprint density at radius 1 is 1.31 bits per heavy atom. The summed E-state index contributed by atoms with van der Waals surface area (Å²) in [6.45, 7) is 5.75. The van der Waals surface area contributed by atoms with Crippen LogP contribution in [0.2, 0.25) is 0 Å². The molecule has 0 aliphatic heterocycles. The van der Waals surface area contributed by atoms with Gasteiger partial charge in [-0.3, -0.25) is 0 Å². The van der Waals surface area contributed by atoms with Crippen LogP contribution in [-0.4, -0.2) is 26.1 Å². The van der Waals surface area contributed by atoms with Crippen LogP contribution in [0.15, 0.2) is 0 Å². The lowest BCUT2D eigenvalue weighted by atomic mass is 10.2. The zero-order valence-corrected chi connectivity index (χ0v) is 9.95. The molecule has 0 aromatic rings. The molecule has 13 heavy (non-hydrogen) atoms. The molecule has 0 bridgehead atoms. The van der Waals surface area contributed by atoms with Crippen molar-refractivity contribution >= 4 is 21.6 Å². The van der Waals surface area contributed by atoms with Gasteiger partial charge in [-0.25, -0.2) is 13.1 Å². The van der Waals surface area contributed by atoms with E-state index < -0.39 is 10.0 Å². The number of hydrogen-bond donors (Lipinski definition) is 1. The molecule has 0 amide bonds. The first-order valence-corrected chi connectivity index (χ1v) is 6.62. The van der Waals surface area contributed by atoms with Crippen LogP contribution in [0.5, 0.6) is 0 Å². The van der Waals surface area contributed by atoms with Gasteiger partial charge in [0, 0.05) is 11.9 Å². The van der Waals surface area contributed by atoms with Crippen LogP contribution in [-0.2, 0) is 10.0 Å². The molecule has 0 saturated carbocycles. The van der Waals surface area contributed by atoms with Gasteiger partial charge in [0.25, 0.3) is 0 Å². The fourth-order valence-corrected chi connectivity index (χ4v) is 2.55. The van der Waals surface area contributed by atoms with Crippen LogP contribution in [0, 0.1) is 5.92 Å². The van der Waals surface area contributed by atoms with Crippen molar-refractivity contribution < 1.29 is 8.42 Å². The third-order valence-electron chi connectivity index (χ3n) is 1.58. The highest BCUT2D eigenvalue weighted by Gasteiger charge is 2.13. The largest absolute Gasteiger partial charge is 0.212 e. The molecule has 0 saturated heterocycles. The maximum Gasteiger partial charge on any atom is 0.211 e. The highest BCUT2D eigenvalue weighted by Crippen LogP contribution is 2.02. The average molecular weight is 228 g/mol. The van der Waals surface area contributed by atoms with Crippen LogP contribution in [0.25, 0.3) is 0 Å². The second kappa shape index (κ2) is 5.83. The highest BCUT2D eigenvalue weighted by molar-refractivity contribution is 7.89. The van der Waals surface area contributed by atoms with E-state index >= 15 is 0 Å². The van der Waals surface area contributed by atoms with Gasteiger partial charge in [0.2, 0.25) is 10.0 Å². The summed E-state index contributed by atoms with van der Waals surface area (Å²) >= 11 is 5.49. The number of nitrogens with one attached hydrogen (secondary N) is 1. The normalized spacial score (nSPS) is 14.8. The molecule has 1 unspecified atom stereocenters. The van der Waals surface area contributed by atoms with Gasteiger partial charge in [-0.1, -0.05) is 13.8 Å². The van der Waals surface area contributed by atoms with E-state index in [1.165, 1.54) is 0 Å².